The van der Waals surface area contributed by atoms with Gasteiger partial charge in [-0.15, -0.1) is 0 Å². The Labute approximate surface area is 194 Å². The normalized spacial score (nSPS) is 12.8. The average Bonchev–Trinajstić information content (AvgIpc) is 2.73. The molecule has 1 aromatic rings. The predicted octanol–water partition coefficient (Wildman–Crippen LogP) is 2.88. The maximum absolute atomic E-state index is 12.9. The number of amides is 2. The molecular formula is C24H34N2O7. The van der Waals surface area contributed by atoms with Gasteiger partial charge in [-0.05, 0) is 32.3 Å². The molecule has 0 fully saturated rings. The van der Waals surface area contributed by atoms with Gasteiger partial charge in [-0.1, -0.05) is 56.8 Å². The fourth-order valence-corrected chi connectivity index (χ4v) is 2.63. The Balaban J connectivity index is 2.91. The van der Waals surface area contributed by atoms with E-state index in [1.807, 2.05) is 6.07 Å². The molecule has 1 rings (SSSR count). The number of carbonyl (C=O) groups excluding carboxylic acids is 4. The second-order valence-corrected chi connectivity index (χ2v) is 8.70. The maximum atomic E-state index is 12.9. The Morgan fingerprint density at radius 1 is 1.03 bits per heavy atom. The predicted molar refractivity (Wildman–Crippen MR) is 122 cm³/mol. The second-order valence-electron chi connectivity index (χ2n) is 8.70. The highest BCUT2D eigenvalue weighted by Crippen LogP contribution is 2.10. The van der Waals surface area contributed by atoms with Crippen LogP contribution >= 0.6 is 0 Å². The summed E-state index contributed by atoms with van der Waals surface area (Å²) in [7, 11) is 0. The number of hydrogen-bond donors (Lipinski definition) is 2. The molecule has 0 aliphatic carbocycles. The zero-order valence-corrected chi connectivity index (χ0v) is 19.9. The van der Waals surface area contributed by atoms with Gasteiger partial charge in [0.15, 0.2) is 0 Å². The summed E-state index contributed by atoms with van der Waals surface area (Å²) in [5.74, 6) is -2.50. The van der Waals surface area contributed by atoms with Gasteiger partial charge in [-0.25, -0.2) is 9.59 Å². The van der Waals surface area contributed by atoms with Gasteiger partial charge in [0, 0.05) is 0 Å². The van der Waals surface area contributed by atoms with Crippen molar-refractivity contribution in [2.75, 3.05) is 6.61 Å². The number of esters is 2. The molecule has 182 valence electrons. The first-order valence-electron chi connectivity index (χ1n) is 10.7. The van der Waals surface area contributed by atoms with Crippen molar-refractivity contribution in [3.05, 3.63) is 48.6 Å². The molecule has 1 aromatic carbocycles. The molecule has 0 aliphatic heterocycles. The molecule has 9 nitrogen and oxygen atoms in total. The third-order valence-electron chi connectivity index (χ3n) is 4.18. The lowest BCUT2D eigenvalue weighted by molar-refractivity contribution is -0.154. The van der Waals surface area contributed by atoms with E-state index in [4.69, 9.17) is 14.2 Å². The number of hydrogen-bond acceptors (Lipinski definition) is 7. The van der Waals surface area contributed by atoms with Crippen LogP contribution in [0.25, 0.3) is 0 Å². The van der Waals surface area contributed by atoms with Crippen molar-refractivity contribution in [1.82, 2.24) is 10.6 Å². The summed E-state index contributed by atoms with van der Waals surface area (Å²) in [6, 6.07) is 6.66. The van der Waals surface area contributed by atoms with Crippen LogP contribution in [0.5, 0.6) is 0 Å². The molecule has 0 aromatic heterocycles. The Bertz CT molecular complexity index is 816. The Morgan fingerprint density at radius 3 is 2.21 bits per heavy atom. The highest BCUT2D eigenvalue weighted by molar-refractivity contribution is 5.91. The zero-order valence-electron chi connectivity index (χ0n) is 19.9. The lowest BCUT2D eigenvalue weighted by Crippen LogP contribution is -2.55. The van der Waals surface area contributed by atoms with E-state index < -0.39 is 48.0 Å². The highest BCUT2D eigenvalue weighted by Gasteiger charge is 2.32. The molecule has 0 heterocycles. The largest absolute Gasteiger partial charge is 0.461 e. The van der Waals surface area contributed by atoms with Crippen molar-refractivity contribution < 1.29 is 33.4 Å². The third kappa shape index (κ3) is 11.2. The summed E-state index contributed by atoms with van der Waals surface area (Å²) >= 11 is 0. The van der Waals surface area contributed by atoms with Crippen molar-refractivity contribution >= 4 is 23.9 Å². The molecule has 2 amide bonds. The molecular weight excluding hydrogens is 428 g/mol. The van der Waals surface area contributed by atoms with Gasteiger partial charge in [0.1, 0.15) is 30.9 Å². The standard InChI is InChI=1S/C24H34N2O7/c1-7-13-31-19(27)14-18(22(29)32-15-17-11-9-8-10-12-17)25-21(28)20(16(2)3)26-23(30)33-24(4,5)6/h7-12,16,18,20H,1,13-15H2,2-6H3,(H,25,28)(H,26,30)/t18-,20-/m0/s1. The van der Waals surface area contributed by atoms with E-state index >= 15 is 0 Å². The molecule has 0 radical (unpaired) electrons. The summed E-state index contributed by atoms with van der Waals surface area (Å²) in [6.07, 6.45) is 0.174. The van der Waals surface area contributed by atoms with E-state index in [0.717, 1.165) is 5.56 Å². The van der Waals surface area contributed by atoms with Crippen molar-refractivity contribution in [3.63, 3.8) is 0 Å². The second kappa shape index (κ2) is 13.2. The lowest BCUT2D eigenvalue weighted by Gasteiger charge is -2.26. The van der Waals surface area contributed by atoms with Crippen LogP contribution < -0.4 is 10.6 Å². The van der Waals surface area contributed by atoms with E-state index in [0.29, 0.717) is 0 Å². The number of alkyl carbamates (subject to hydrolysis) is 1. The van der Waals surface area contributed by atoms with E-state index in [9.17, 15) is 19.2 Å². The molecule has 33 heavy (non-hydrogen) atoms. The first kappa shape index (κ1) is 27.7. The monoisotopic (exact) mass is 462 g/mol. The van der Waals surface area contributed by atoms with Crippen LogP contribution in [0.3, 0.4) is 0 Å². The van der Waals surface area contributed by atoms with Crippen LogP contribution in [0, 0.1) is 5.92 Å². The number of carbonyl (C=O) groups is 4. The minimum atomic E-state index is -1.31. The maximum Gasteiger partial charge on any atom is 0.408 e. The van der Waals surface area contributed by atoms with Crippen molar-refractivity contribution in [2.24, 2.45) is 5.92 Å². The highest BCUT2D eigenvalue weighted by atomic mass is 16.6. The minimum absolute atomic E-state index is 0.0302. The molecule has 0 spiro atoms. The first-order valence-corrected chi connectivity index (χ1v) is 10.7. The summed E-state index contributed by atoms with van der Waals surface area (Å²) < 4.78 is 15.4. The molecule has 0 saturated heterocycles. The Hall–Kier alpha value is -3.36. The van der Waals surface area contributed by atoms with Gasteiger partial charge < -0.3 is 24.8 Å². The van der Waals surface area contributed by atoms with E-state index in [1.54, 1.807) is 58.9 Å². The van der Waals surface area contributed by atoms with E-state index in [2.05, 4.69) is 17.2 Å². The number of benzene rings is 1. The summed E-state index contributed by atoms with van der Waals surface area (Å²) in [5.41, 5.74) is -0.00218. The molecule has 0 aliphatic rings. The smallest absolute Gasteiger partial charge is 0.408 e. The molecule has 9 heteroatoms. The summed E-state index contributed by atoms with van der Waals surface area (Å²) in [5, 5.41) is 5.01. The van der Waals surface area contributed by atoms with Crippen LogP contribution in [-0.2, 0) is 35.2 Å². The van der Waals surface area contributed by atoms with Crippen molar-refractivity contribution in [1.29, 1.82) is 0 Å². The Kier molecular flexibility index (Phi) is 11.1. The van der Waals surface area contributed by atoms with Gasteiger partial charge >= 0.3 is 18.0 Å². The van der Waals surface area contributed by atoms with Gasteiger partial charge in [-0.3, -0.25) is 9.59 Å². The van der Waals surface area contributed by atoms with Gasteiger partial charge in [0.2, 0.25) is 5.91 Å². The number of rotatable bonds is 11. The van der Waals surface area contributed by atoms with E-state index in [-0.39, 0.29) is 19.1 Å². The van der Waals surface area contributed by atoms with Gasteiger partial charge in [0.05, 0.1) is 6.42 Å². The van der Waals surface area contributed by atoms with Crippen molar-refractivity contribution in [3.8, 4) is 0 Å². The van der Waals surface area contributed by atoms with Crippen LogP contribution in [0.4, 0.5) is 4.79 Å². The number of nitrogens with one attached hydrogen (secondary N) is 2. The lowest BCUT2D eigenvalue weighted by atomic mass is 10.0. The SMILES string of the molecule is C=CCOC(=O)C[C@H](NC(=O)[C@@H](NC(=O)OC(C)(C)C)C(C)C)C(=O)OCc1ccccc1. The van der Waals surface area contributed by atoms with Gasteiger partial charge in [0.25, 0.3) is 0 Å². The Morgan fingerprint density at radius 2 is 1.67 bits per heavy atom. The zero-order chi connectivity index (χ0) is 25.0. The van der Waals surface area contributed by atoms with Crippen LogP contribution in [0.15, 0.2) is 43.0 Å². The first-order chi connectivity index (χ1) is 15.4. The molecule has 0 saturated carbocycles. The fraction of sp³-hybridized carbons (Fsp3) is 0.500. The van der Waals surface area contributed by atoms with Gasteiger partial charge in [-0.2, -0.15) is 0 Å². The summed E-state index contributed by atoms with van der Waals surface area (Å²) in [6.45, 7) is 11.9. The van der Waals surface area contributed by atoms with Crippen LogP contribution in [0.1, 0.15) is 46.6 Å². The molecule has 0 unspecified atom stereocenters. The molecule has 2 atom stereocenters. The average molecular weight is 463 g/mol. The summed E-state index contributed by atoms with van der Waals surface area (Å²) in [4.78, 5) is 49.9. The van der Waals surface area contributed by atoms with Crippen molar-refractivity contribution in [2.45, 2.75) is 65.3 Å². The molecule has 0 bridgehead atoms. The number of ether oxygens (including phenoxy) is 3. The fourth-order valence-electron chi connectivity index (χ4n) is 2.63. The third-order valence-corrected chi connectivity index (χ3v) is 4.18. The van der Waals surface area contributed by atoms with Crippen LogP contribution in [-0.4, -0.2) is 48.2 Å². The quantitative estimate of drug-likeness (QED) is 0.295. The van der Waals surface area contributed by atoms with Crippen LogP contribution in [0.2, 0.25) is 0 Å². The van der Waals surface area contributed by atoms with E-state index in [1.165, 1.54) is 6.08 Å². The molecule has 2 N–H and O–H groups in total. The minimum Gasteiger partial charge on any atom is -0.461 e. The topological polar surface area (TPSA) is 120 Å².